The molecule has 0 heterocycles. The fraction of sp³-hybridized carbons (Fsp3) is 0.0476. The van der Waals surface area contributed by atoms with Crippen molar-refractivity contribution in [1.29, 1.82) is 0 Å². The summed E-state index contributed by atoms with van der Waals surface area (Å²) in [6, 6.07) is 17.4. The largest absolute Gasteiger partial charge is 0.324 e. The zero-order chi connectivity index (χ0) is 22.4. The topological polar surface area (TPSA) is 101 Å². The van der Waals surface area contributed by atoms with E-state index in [9.17, 15) is 19.7 Å². The molecule has 0 fully saturated rings. The Morgan fingerprint density at radius 2 is 1.71 bits per heavy atom. The molecule has 3 aromatic carbocycles. The van der Waals surface area contributed by atoms with Crippen molar-refractivity contribution in [2.75, 3.05) is 16.4 Å². The average Bonchev–Trinajstić information content (AvgIpc) is 2.76. The van der Waals surface area contributed by atoms with Crippen LogP contribution in [-0.2, 0) is 4.79 Å². The Morgan fingerprint density at radius 3 is 2.48 bits per heavy atom. The van der Waals surface area contributed by atoms with Gasteiger partial charge in [-0.25, -0.2) is 0 Å². The molecule has 0 aliphatic carbocycles. The van der Waals surface area contributed by atoms with Gasteiger partial charge in [-0.2, -0.15) is 0 Å². The molecule has 31 heavy (non-hydrogen) atoms. The first kappa shape index (κ1) is 22.6. The summed E-state index contributed by atoms with van der Waals surface area (Å²) >= 11 is 13.3. The van der Waals surface area contributed by atoms with Gasteiger partial charge in [-0.15, -0.1) is 11.8 Å². The Morgan fingerprint density at radius 1 is 0.968 bits per heavy atom. The van der Waals surface area contributed by atoms with Gasteiger partial charge >= 0.3 is 0 Å². The number of rotatable bonds is 7. The van der Waals surface area contributed by atoms with Gasteiger partial charge in [-0.1, -0.05) is 41.4 Å². The summed E-state index contributed by atoms with van der Waals surface area (Å²) in [5.41, 5.74) is 0.936. The SMILES string of the molecule is O=C(CSc1cccc(NC(=O)c2cccc([N+](=O)[O-])c2)c1)Nc1cccc(Cl)c1Cl. The number of amides is 2. The number of anilines is 2. The third-order valence-electron chi connectivity index (χ3n) is 4.01. The third-order valence-corrected chi connectivity index (χ3v) is 5.82. The minimum absolute atomic E-state index is 0.116. The molecule has 2 amide bonds. The van der Waals surface area contributed by atoms with Crippen molar-refractivity contribution in [3.63, 3.8) is 0 Å². The highest BCUT2D eigenvalue weighted by Crippen LogP contribution is 2.30. The monoisotopic (exact) mass is 475 g/mol. The summed E-state index contributed by atoms with van der Waals surface area (Å²) in [6.45, 7) is 0. The lowest BCUT2D eigenvalue weighted by Gasteiger charge is -2.09. The van der Waals surface area contributed by atoms with Crippen LogP contribution < -0.4 is 10.6 Å². The van der Waals surface area contributed by atoms with Gasteiger partial charge in [0, 0.05) is 28.3 Å². The minimum Gasteiger partial charge on any atom is -0.324 e. The number of carbonyl (C=O) groups is 2. The van der Waals surface area contributed by atoms with E-state index in [1.54, 1.807) is 42.5 Å². The number of nitrogens with one attached hydrogen (secondary N) is 2. The Kier molecular flexibility index (Phi) is 7.51. The first-order chi connectivity index (χ1) is 14.8. The van der Waals surface area contributed by atoms with Crippen LogP contribution >= 0.6 is 35.0 Å². The number of nitrogens with zero attached hydrogens (tertiary/aromatic N) is 1. The Hall–Kier alpha value is -3.07. The van der Waals surface area contributed by atoms with Crippen LogP contribution in [0, 0.1) is 10.1 Å². The number of halogens is 2. The summed E-state index contributed by atoms with van der Waals surface area (Å²) in [5, 5.41) is 16.9. The molecule has 0 spiro atoms. The standard InChI is InChI=1S/C21H15Cl2N3O4S/c22-17-8-3-9-18(20(17)23)25-19(27)12-31-16-7-2-5-14(11-16)24-21(28)13-4-1-6-15(10-13)26(29)30/h1-11H,12H2,(H,24,28)(H,25,27). The number of nitro groups is 1. The van der Waals surface area contributed by atoms with Gasteiger partial charge in [0.15, 0.2) is 0 Å². The van der Waals surface area contributed by atoms with Crippen LogP contribution in [0.15, 0.2) is 71.6 Å². The van der Waals surface area contributed by atoms with Crippen LogP contribution in [0.5, 0.6) is 0 Å². The summed E-state index contributed by atoms with van der Waals surface area (Å²) in [7, 11) is 0. The molecule has 0 saturated carbocycles. The highest BCUT2D eigenvalue weighted by molar-refractivity contribution is 8.00. The van der Waals surface area contributed by atoms with E-state index in [4.69, 9.17) is 23.2 Å². The lowest BCUT2D eigenvalue weighted by molar-refractivity contribution is -0.384. The molecule has 3 rings (SSSR count). The van der Waals surface area contributed by atoms with Crippen molar-refractivity contribution in [2.45, 2.75) is 4.90 Å². The molecule has 7 nitrogen and oxygen atoms in total. The van der Waals surface area contributed by atoms with E-state index in [1.165, 1.54) is 36.0 Å². The number of thioether (sulfide) groups is 1. The average molecular weight is 476 g/mol. The van der Waals surface area contributed by atoms with Gasteiger partial charge in [0.2, 0.25) is 5.91 Å². The van der Waals surface area contributed by atoms with E-state index >= 15 is 0 Å². The van der Waals surface area contributed by atoms with Crippen LogP contribution in [0.4, 0.5) is 17.1 Å². The Labute approximate surface area is 191 Å². The van der Waals surface area contributed by atoms with Crippen molar-refractivity contribution in [1.82, 2.24) is 0 Å². The van der Waals surface area contributed by atoms with E-state index in [1.807, 2.05) is 0 Å². The van der Waals surface area contributed by atoms with Crippen molar-refractivity contribution < 1.29 is 14.5 Å². The lowest BCUT2D eigenvalue weighted by atomic mass is 10.2. The molecule has 0 unspecified atom stereocenters. The minimum atomic E-state index is -0.560. The molecule has 0 saturated heterocycles. The quantitative estimate of drug-likeness (QED) is 0.252. The van der Waals surface area contributed by atoms with Gasteiger partial charge < -0.3 is 10.6 Å². The fourth-order valence-electron chi connectivity index (χ4n) is 2.56. The lowest BCUT2D eigenvalue weighted by Crippen LogP contribution is -2.14. The van der Waals surface area contributed by atoms with Crippen molar-refractivity contribution in [3.05, 3.63) is 92.5 Å². The van der Waals surface area contributed by atoms with Gasteiger partial charge in [0.05, 0.1) is 26.4 Å². The van der Waals surface area contributed by atoms with E-state index in [0.29, 0.717) is 16.4 Å². The maximum atomic E-state index is 12.4. The van der Waals surface area contributed by atoms with Gasteiger partial charge in [-0.05, 0) is 36.4 Å². The second-order valence-electron chi connectivity index (χ2n) is 6.23. The molecular formula is C21H15Cl2N3O4S. The van der Waals surface area contributed by atoms with Crippen molar-refractivity contribution >= 4 is 63.8 Å². The molecule has 158 valence electrons. The highest BCUT2D eigenvalue weighted by atomic mass is 35.5. The first-order valence-electron chi connectivity index (χ1n) is 8.86. The van der Waals surface area contributed by atoms with Gasteiger partial charge in [0.25, 0.3) is 11.6 Å². The summed E-state index contributed by atoms with van der Waals surface area (Å²) in [6.07, 6.45) is 0. The molecule has 10 heteroatoms. The van der Waals surface area contributed by atoms with E-state index < -0.39 is 10.8 Å². The third kappa shape index (κ3) is 6.21. The second-order valence-corrected chi connectivity index (χ2v) is 8.06. The first-order valence-corrected chi connectivity index (χ1v) is 10.6. The van der Waals surface area contributed by atoms with Crippen LogP contribution in [0.25, 0.3) is 0 Å². The van der Waals surface area contributed by atoms with Crippen molar-refractivity contribution in [2.24, 2.45) is 0 Å². The molecule has 0 aromatic heterocycles. The van der Waals surface area contributed by atoms with Crippen LogP contribution in [0.1, 0.15) is 10.4 Å². The number of carbonyl (C=O) groups excluding carboxylic acids is 2. The normalized spacial score (nSPS) is 10.4. The predicted octanol–water partition coefficient (Wildman–Crippen LogP) is 5.88. The smallest absolute Gasteiger partial charge is 0.270 e. The summed E-state index contributed by atoms with van der Waals surface area (Å²) in [5.74, 6) is -0.620. The molecular weight excluding hydrogens is 461 g/mol. The van der Waals surface area contributed by atoms with Gasteiger partial charge in [-0.3, -0.25) is 19.7 Å². The fourth-order valence-corrected chi connectivity index (χ4v) is 3.67. The Balaban J connectivity index is 1.60. The molecule has 0 aliphatic rings. The van der Waals surface area contributed by atoms with Gasteiger partial charge in [0.1, 0.15) is 0 Å². The predicted molar refractivity (Wildman–Crippen MR) is 123 cm³/mol. The maximum absolute atomic E-state index is 12.4. The highest BCUT2D eigenvalue weighted by Gasteiger charge is 2.13. The van der Waals surface area contributed by atoms with Crippen LogP contribution in [0.2, 0.25) is 10.0 Å². The van der Waals surface area contributed by atoms with Crippen LogP contribution in [0.3, 0.4) is 0 Å². The van der Waals surface area contributed by atoms with E-state index in [2.05, 4.69) is 10.6 Å². The summed E-state index contributed by atoms with van der Waals surface area (Å²) < 4.78 is 0. The summed E-state index contributed by atoms with van der Waals surface area (Å²) in [4.78, 5) is 35.7. The number of nitro benzene ring substituents is 1. The Bertz CT molecular complexity index is 1160. The number of hydrogen-bond donors (Lipinski definition) is 2. The zero-order valence-corrected chi connectivity index (χ0v) is 18.1. The molecule has 2 N–H and O–H groups in total. The molecule has 0 radical (unpaired) electrons. The van der Waals surface area contributed by atoms with Crippen molar-refractivity contribution in [3.8, 4) is 0 Å². The zero-order valence-electron chi connectivity index (χ0n) is 15.8. The number of hydrogen-bond acceptors (Lipinski definition) is 5. The van der Waals surface area contributed by atoms with E-state index in [0.717, 1.165) is 4.90 Å². The maximum Gasteiger partial charge on any atom is 0.270 e. The van der Waals surface area contributed by atoms with E-state index in [-0.39, 0.29) is 27.9 Å². The molecule has 0 aliphatic heterocycles. The molecule has 3 aromatic rings. The van der Waals surface area contributed by atoms with Crippen LogP contribution in [-0.4, -0.2) is 22.5 Å². The number of non-ortho nitro benzene ring substituents is 1. The number of benzene rings is 3. The second kappa shape index (κ2) is 10.3. The molecule has 0 atom stereocenters. The molecule has 0 bridgehead atoms.